The number of alkyl halides is 3. The zero-order valence-electron chi connectivity index (χ0n) is 17.1. The van der Waals surface area contributed by atoms with Crippen molar-refractivity contribution in [1.82, 2.24) is 24.6 Å². The van der Waals surface area contributed by atoms with Crippen LogP contribution in [0.1, 0.15) is 23.7 Å². The van der Waals surface area contributed by atoms with Crippen molar-refractivity contribution < 1.29 is 22.8 Å². The van der Waals surface area contributed by atoms with Gasteiger partial charge in [0.25, 0.3) is 0 Å². The molecule has 0 unspecified atom stereocenters. The lowest BCUT2D eigenvalue weighted by molar-refractivity contribution is -0.138. The molecule has 2 aromatic rings. The first-order chi connectivity index (χ1) is 14.7. The van der Waals surface area contributed by atoms with Gasteiger partial charge in [0.2, 0.25) is 11.8 Å². The molecule has 2 aromatic heterocycles. The normalized spacial score (nSPS) is 17.7. The Morgan fingerprint density at radius 2 is 1.97 bits per heavy atom. The van der Waals surface area contributed by atoms with Crippen molar-refractivity contribution in [1.29, 1.82) is 0 Å². The molecular formula is C20H23F3N6O2. The van der Waals surface area contributed by atoms with Crippen molar-refractivity contribution in [2.45, 2.75) is 32.6 Å². The van der Waals surface area contributed by atoms with Crippen LogP contribution in [0.3, 0.4) is 0 Å². The highest BCUT2D eigenvalue weighted by atomic mass is 19.4. The lowest BCUT2D eigenvalue weighted by Gasteiger charge is -2.35. The number of hydrogen-bond donors (Lipinski definition) is 0. The second-order valence-corrected chi connectivity index (χ2v) is 7.68. The fraction of sp³-hybridized carbons (Fsp3) is 0.500. The Labute approximate surface area is 177 Å². The first-order valence-electron chi connectivity index (χ1n) is 10.1. The number of anilines is 1. The van der Waals surface area contributed by atoms with E-state index in [-0.39, 0.29) is 37.3 Å². The first kappa shape index (κ1) is 21.3. The van der Waals surface area contributed by atoms with Crippen LogP contribution in [0.25, 0.3) is 0 Å². The monoisotopic (exact) mass is 436 g/mol. The van der Waals surface area contributed by atoms with E-state index in [9.17, 15) is 22.8 Å². The summed E-state index contributed by atoms with van der Waals surface area (Å²) in [4.78, 5) is 34.0. The zero-order chi connectivity index (χ0) is 22.2. The van der Waals surface area contributed by atoms with E-state index in [0.717, 1.165) is 30.1 Å². The number of aryl methyl sites for hydroxylation is 1. The summed E-state index contributed by atoms with van der Waals surface area (Å²) in [6.45, 7) is 4.73. The second kappa shape index (κ2) is 8.29. The van der Waals surface area contributed by atoms with Crippen molar-refractivity contribution in [3.63, 3.8) is 0 Å². The van der Waals surface area contributed by atoms with Crippen molar-refractivity contribution in [2.24, 2.45) is 0 Å². The van der Waals surface area contributed by atoms with Gasteiger partial charge in [0.05, 0.1) is 24.3 Å². The van der Waals surface area contributed by atoms with E-state index in [1.165, 1.54) is 11.0 Å². The van der Waals surface area contributed by atoms with Crippen LogP contribution in [0.4, 0.5) is 19.0 Å². The zero-order valence-corrected chi connectivity index (χ0v) is 17.1. The van der Waals surface area contributed by atoms with Crippen molar-refractivity contribution in [3.8, 4) is 0 Å². The number of halogens is 3. The van der Waals surface area contributed by atoms with Gasteiger partial charge in [-0.15, -0.1) is 0 Å². The van der Waals surface area contributed by atoms with Gasteiger partial charge in [-0.3, -0.25) is 24.1 Å². The minimum absolute atomic E-state index is 0.0152. The molecule has 0 aliphatic carbocycles. The van der Waals surface area contributed by atoms with Gasteiger partial charge in [0.1, 0.15) is 5.82 Å². The molecule has 0 radical (unpaired) electrons. The van der Waals surface area contributed by atoms with Gasteiger partial charge in [-0.05, 0) is 19.1 Å². The molecule has 2 amide bonds. The fourth-order valence-corrected chi connectivity index (χ4v) is 3.85. The average Bonchev–Trinajstić information content (AvgIpc) is 3.16. The van der Waals surface area contributed by atoms with Gasteiger partial charge in [-0.25, -0.2) is 4.98 Å². The van der Waals surface area contributed by atoms with Crippen LogP contribution in [0.5, 0.6) is 0 Å². The Morgan fingerprint density at radius 3 is 2.61 bits per heavy atom. The molecule has 0 spiro atoms. The number of aromatic nitrogens is 3. The molecule has 0 aromatic carbocycles. The predicted octanol–water partition coefficient (Wildman–Crippen LogP) is 1.55. The number of fused-ring (bicyclic) bond motifs is 1. The van der Waals surface area contributed by atoms with Crippen molar-refractivity contribution >= 4 is 17.6 Å². The van der Waals surface area contributed by atoms with Crippen molar-refractivity contribution in [2.75, 3.05) is 37.6 Å². The third-order valence-electron chi connectivity index (χ3n) is 5.59. The Kier molecular flexibility index (Phi) is 5.69. The number of piperazine rings is 1. The summed E-state index contributed by atoms with van der Waals surface area (Å²) in [6, 6.07) is 2.11. The molecule has 4 heterocycles. The molecule has 0 atom stereocenters. The molecule has 1 fully saturated rings. The number of nitrogens with zero attached hydrogens (tertiary/aromatic N) is 6. The summed E-state index contributed by atoms with van der Waals surface area (Å²) in [5.41, 5.74) is 1.22. The van der Waals surface area contributed by atoms with Gasteiger partial charge in [-0.1, -0.05) is 0 Å². The van der Waals surface area contributed by atoms with Crippen LogP contribution in [0.2, 0.25) is 0 Å². The van der Waals surface area contributed by atoms with Crippen LogP contribution >= 0.6 is 0 Å². The molecule has 2 aliphatic heterocycles. The SMILES string of the molecule is CCn1cc2c(n1)CCN(C(=O)CN1CCN(c3ccc(C(F)(F)F)cn3)C(=O)C1)C2. The minimum atomic E-state index is -4.47. The van der Waals surface area contributed by atoms with Crippen LogP contribution in [0.15, 0.2) is 24.5 Å². The highest BCUT2D eigenvalue weighted by Gasteiger charge is 2.33. The maximum absolute atomic E-state index is 12.8. The summed E-state index contributed by atoms with van der Waals surface area (Å²) in [5, 5.41) is 4.49. The maximum Gasteiger partial charge on any atom is 0.417 e. The van der Waals surface area contributed by atoms with E-state index >= 15 is 0 Å². The number of pyridine rings is 1. The summed E-state index contributed by atoms with van der Waals surface area (Å²) < 4.78 is 40.0. The van der Waals surface area contributed by atoms with E-state index in [4.69, 9.17) is 0 Å². The molecule has 166 valence electrons. The number of amides is 2. The molecular weight excluding hydrogens is 413 g/mol. The number of rotatable bonds is 4. The first-order valence-corrected chi connectivity index (χ1v) is 10.1. The summed E-state index contributed by atoms with van der Waals surface area (Å²) in [7, 11) is 0. The van der Waals surface area contributed by atoms with Crippen LogP contribution in [0, 0.1) is 0 Å². The molecule has 0 N–H and O–H groups in total. The maximum atomic E-state index is 12.8. The van der Waals surface area contributed by atoms with Gasteiger partial charge in [0.15, 0.2) is 0 Å². The van der Waals surface area contributed by atoms with Gasteiger partial charge >= 0.3 is 6.18 Å². The third-order valence-corrected chi connectivity index (χ3v) is 5.59. The molecule has 2 aliphatic rings. The predicted molar refractivity (Wildman–Crippen MR) is 105 cm³/mol. The minimum Gasteiger partial charge on any atom is -0.337 e. The Morgan fingerprint density at radius 1 is 1.16 bits per heavy atom. The van der Waals surface area contributed by atoms with Crippen LogP contribution in [-0.2, 0) is 35.3 Å². The molecule has 0 bridgehead atoms. The van der Waals surface area contributed by atoms with E-state index in [1.54, 1.807) is 9.80 Å². The third kappa shape index (κ3) is 4.55. The largest absolute Gasteiger partial charge is 0.417 e. The van der Waals surface area contributed by atoms with Crippen LogP contribution < -0.4 is 4.90 Å². The Hall–Kier alpha value is -2.95. The molecule has 31 heavy (non-hydrogen) atoms. The summed E-state index contributed by atoms with van der Waals surface area (Å²) in [6.07, 6.45) is -1.07. The topological polar surface area (TPSA) is 74.6 Å². The average molecular weight is 436 g/mol. The summed E-state index contributed by atoms with van der Waals surface area (Å²) >= 11 is 0. The lowest BCUT2D eigenvalue weighted by Crippen LogP contribution is -2.53. The van der Waals surface area contributed by atoms with E-state index in [0.29, 0.717) is 26.1 Å². The standard InChI is InChI=1S/C20H23F3N6O2/c1-2-28-11-14-10-27(6-5-16(14)25-28)18(30)12-26-7-8-29(19(31)13-26)17-4-3-15(9-24-17)20(21,22)23/h3-4,9,11H,2,5-8,10,12-13H2,1H3. The number of hydrogen-bond acceptors (Lipinski definition) is 5. The molecule has 8 nitrogen and oxygen atoms in total. The van der Waals surface area contributed by atoms with Crippen molar-refractivity contribution in [3.05, 3.63) is 41.3 Å². The van der Waals surface area contributed by atoms with E-state index in [1.807, 2.05) is 17.8 Å². The molecule has 0 saturated carbocycles. The fourth-order valence-electron chi connectivity index (χ4n) is 3.85. The molecule has 11 heteroatoms. The van der Waals surface area contributed by atoms with E-state index < -0.39 is 11.7 Å². The van der Waals surface area contributed by atoms with Gasteiger partial charge < -0.3 is 4.90 Å². The highest BCUT2D eigenvalue weighted by molar-refractivity contribution is 5.95. The molecule has 4 rings (SSSR count). The highest BCUT2D eigenvalue weighted by Crippen LogP contribution is 2.29. The van der Waals surface area contributed by atoms with Gasteiger partial charge in [0, 0.05) is 57.1 Å². The van der Waals surface area contributed by atoms with Crippen LogP contribution in [-0.4, -0.2) is 69.1 Å². The Balaban J connectivity index is 1.33. The quantitative estimate of drug-likeness (QED) is 0.727. The summed E-state index contributed by atoms with van der Waals surface area (Å²) in [5.74, 6) is -0.166. The lowest BCUT2D eigenvalue weighted by atomic mass is 10.1. The second-order valence-electron chi connectivity index (χ2n) is 7.68. The Bertz CT molecular complexity index is 972. The van der Waals surface area contributed by atoms with Gasteiger partial charge in [-0.2, -0.15) is 18.3 Å². The number of carbonyl (C=O) groups excluding carboxylic acids is 2. The molecule has 1 saturated heterocycles. The smallest absolute Gasteiger partial charge is 0.337 e. The van der Waals surface area contributed by atoms with E-state index in [2.05, 4.69) is 10.1 Å². The number of carbonyl (C=O) groups is 2.